The summed E-state index contributed by atoms with van der Waals surface area (Å²) in [7, 11) is 4.07. The van der Waals surface area contributed by atoms with E-state index in [0.29, 0.717) is 6.54 Å². The van der Waals surface area contributed by atoms with E-state index in [2.05, 4.69) is 63.3 Å². The van der Waals surface area contributed by atoms with Gasteiger partial charge in [-0.3, -0.25) is 14.7 Å². The van der Waals surface area contributed by atoms with Gasteiger partial charge in [-0.2, -0.15) is 0 Å². The molecule has 0 amide bonds. The monoisotopic (exact) mass is 425 g/mol. The molecule has 0 bridgehead atoms. The van der Waals surface area contributed by atoms with Crippen LogP contribution in [0.15, 0.2) is 84.6 Å². The third kappa shape index (κ3) is 4.66. The van der Waals surface area contributed by atoms with Crippen LogP contribution in [-0.4, -0.2) is 36.3 Å². The van der Waals surface area contributed by atoms with Gasteiger partial charge in [-0.1, -0.05) is 62.4 Å². The zero-order valence-electron chi connectivity index (χ0n) is 19.3. The van der Waals surface area contributed by atoms with Crippen LogP contribution >= 0.6 is 0 Å². The highest BCUT2D eigenvalue weighted by molar-refractivity contribution is 6.05. The third-order valence-electron chi connectivity index (χ3n) is 6.08. The molecule has 0 N–H and O–H groups in total. The van der Waals surface area contributed by atoms with Crippen molar-refractivity contribution in [3.8, 4) is 0 Å². The molecular formula is C28H31N3O. The summed E-state index contributed by atoms with van der Waals surface area (Å²) >= 11 is 0. The van der Waals surface area contributed by atoms with Gasteiger partial charge in [0.15, 0.2) is 5.78 Å². The summed E-state index contributed by atoms with van der Waals surface area (Å²) in [5, 5.41) is 0. The SMILES string of the molecule is CN(C)c1ccc(C2/C(=C/c3ccccn3)C(=O)C(C)(C)CN2Cc2ccccc2)cc1. The molecule has 2 heterocycles. The number of rotatable bonds is 5. The van der Waals surface area contributed by atoms with Gasteiger partial charge in [0, 0.05) is 50.1 Å². The first-order chi connectivity index (χ1) is 15.3. The van der Waals surface area contributed by atoms with Crippen LogP contribution in [0.1, 0.15) is 36.7 Å². The summed E-state index contributed by atoms with van der Waals surface area (Å²) in [4.78, 5) is 22.7. The summed E-state index contributed by atoms with van der Waals surface area (Å²) in [6.45, 7) is 5.56. The van der Waals surface area contributed by atoms with Crippen molar-refractivity contribution in [3.63, 3.8) is 0 Å². The Bertz CT molecular complexity index is 1090. The van der Waals surface area contributed by atoms with Gasteiger partial charge in [-0.25, -0.2) is 0 Å². The fourth-order valence-electron chi connectivity index (χ4n) is 4.46. The van der Waals surface area contributed by atoms with E-state index in [9.17, 15) is 4.79 Å². The maximum Gasteiger partial charge on any atom is 0.167 e. The quantitative estimate of drug-likeness (QED) is 0.514. The second-order valence-electron chi connectivity index (χ2n) is 9.35. The standard InChI is InChI=1S/C28H31N3O/c1-28(2)20-31(19-21-10-6-5-7-11-21)26(22-13-15-24(16-14-22)30(3)4)25(27(28)32)18-23-12-8-9-17-29-23/h5-18,26H,19-20H2,1-4H3/b25-18-. The lowest BCUT2D eigenvalue weighted by atomic mass is 9.74. The Morgan fingerprint density at radius 2 is 1.69 bits per heavy atom. The number of piperidine rings is 1. The molecule has 4 nitrogen and oxygen atoms in total. The zero-order chi connectivity index (χ0) is 22.7. The van der Waals surface area contributed by atoms with Gasteiger partial charge in [0.25, 0.3) is 0 Å². The number of anilines is 1. The van der Waals surface area contributed by atoms with Crippen molar-refractivity contribution in [1.29, 1.82) is 0 Å². The molecule has 3 aromatic rings. The van der Waals surface area contributed by atoms with Gasteiger partial charge in [0.2, 0.25) is 0 Å². The Labute approximate surface area is 191 Å². The van der Waals surface area contributed by atoms with Crippen LogP contribution in [-0.2, 0) is 11.3 Å². The fraction of sp³-hybridized carbons (Fsp3) is 0.286. The fourth-order valence-corrected chi connectivity index (χ4v) is 4.46. The first-order valence-corrected chi connectivity index (χ1v) is 11.1. The van der Waals surface area contributed by atoms with Crippen LogP contribution in [0.2, 0.25) is 0 Å². The largest absolute Gasteiger partial charge is 0.378 e. The minimum Gasteiger partial charge on any atom is -0.378 e. The molecule has 164 valence electrons. The third-order valence-corrected chi connectivity index (χ3v) is 6.08. The molecule has 1 atom stereocenters. The zero-order valence-corrected chi connectivity index (χ0v) is 19.3. The minimum absolute atomic E-state index is 0.131. The maximum absolute atomic E-state index is 13.7. The Hall–Kier alpha value is -3.24. The molecule has 4 heteroatoms. The number of ketones is 1. The summed E-state index contributed by atoms with van der Waals surface area (Å²) in [6, 6.07) is 24.7. The molecule has 1 aliphatic rings. The number of carbonyl (C=O) groups excluding carboxylic acids is 1. The predicted octanol–water partition coefficient (Wildman–Crippen LogP) is 5.38. The number of carbonyl (C=O) groups is 1. The lowest BCUT2D eigenvalue weighted by molar-refractivity contribution is -0.128. The van der Waals surface area contributed by atoms with Gasteiger partial charge in [0.1, 0.15) is 0 Å². The molecular weight excluding hydrogens is 394 g/mol. The Balaban J connectivity index is 1.83. The number of hydrogen-bond donors (Lipinski definition) is 0. The first kappa shape index (κ1) is 22.0. The van der Waals surface area contributed by atoms with Crippen molar-refractivity contribution in [2.75, 3.05) is 25.5 Å². The number of likely N-dealkylation sites (tertiary alicyclic amines) is 1. The van der Waals surface area contributed by atoms with Crippen LogP contribution in [0.5, 0.6) is 0 Å². The average Bonchev–Trinajstić information content (AvgIpc) is 2.79. The predicted molar refractivity (Wildman–Crippen MR) is 131 cm³/mol. The molecule has 1 aromatic heterocycles. The van der Waals surface area contributed by atoms with E-state index >= 15 is 0 Å². The number of aromatic nitrogens is 1. The van der Waals surface area contributed by atoms with Crippen molar-refractivity contribution in [2.24, 2.45) is 5.41 Å². The molecule has 0 aliphatic carbocycles. The molecule has 32 heavy (non-hydrogen) atoms. The van der Waals surface area contributed by atoms with Crippen molar-refractivity contribution < 1.29 is 4.79 Å². The van der Waals surface area contributed by atoms with Gasteiger partial charge < -0.3 is 4.90 Å². The van der Waals surface area contributed by atoms with Crippen LogP contribution in [0.3, 0.4) is 0 Å². The molecule has 1 aliphatic heterocycles. The van der Waals surface area contributed by atoms with Crippen LogP contribution in [0.4, 0.5) is 5.69 Å². The highest BCUT2D eigenvalue weighted by atomic mass is 16.1. The Morgan fingerprint density at radius 1 is 1.00 bits per heavy atom. The summed E-state index contributed by atoms with van der Waals surface area (Å²) in [6.07, 6.45) is 3.75. The van der Waals surface area contributed by atoms with E-state index in [1.54, 1.807) is 6.20 Å². The Kier molecular flexibility index (Phi) is 6.24. The molecule has 1 unspecified atom stereocenters. The Morgan fingerprint density at radius 3 is 2.31 bits per heavy atom. The molecule has 0 saturated carbocycles. The van der Waals surface area contributed by atoms with Crippen molar-refractivity contribution in [2.45, 2.75) is 26.4 Å². The van der Waals surface area contributed by atoms with E-state index in [-0.39, 0.29) is 11.8 Å². The van der Waals surface area contributed by atoms with Gasteiger partial charge in [-0.05, 0) is 41.5 Å². The molecule has 4 rings (SSSR count). The van der Waals surface area contributed by atoms with Crippen molar-refractivity contribution in [1.82, 2.24) is 9.88 Å². The number of nitrogens with zero attached hydrogens (tertiary/aromatic N) is 3. The number of hydrogen-bond acceptors (Lipinski definition) is 4. The smallest absolute Gasteiger partial charge is 0.167 e. The van der Waals surface area contributed by atoms with E-state index in [1.807, 2.05) is 58.3 Å². The molecule has 2 aromatic carbocycles. The number of benzene rings is 2. The minimum atomic E-state index is -0.477. The summed E-state index contributed by atoms with van der Waals surface area (Å²) < 4.78 is 0. The maximum atomic E-state index is 13.7. The van der Waals surface area contributed by atoms with Gasteiger partial charge >= 0.3 is 0 Å². The second-order valence-corrected chi connectivity index (χ2v) is 9.35. The molecule has 1 saturated heterocycles. The first-order valence-electron chi connectivity index (χ1n) is 11.1. The van der Waals surface area contributed by atoms with Crippen molar-refractivity contribution in [3.05, 3.63) is 101 Å². The van der Waals surface area contributed by atoms with E-state index < -0.39 is 5.41 Å². The van der Waals surface area contributed by atoms with E-state index in [4.69, 9.17) is 0 Å². The normalized spacial score (nSPS) is 19.8. The second kappa shape index (κ2) is 9.09. The topological polar surface area (TPSA) is 36.4 Å². The highest BCUT2D eigenvalue weighted by Gasteiger charge is 2.43. The van der Waals surface area contributed by atoms with E-state index in [0.717, 1.165) is 29.1 Å². The molecule has 0 spiro atoms. The van der Waals surface area contributed by atoms with Crippen molar-refractivity contribution >= 4 is 17.5 Å². The molecule has 1 fully saturated rings. The van der Waals surface area contributed by atoms with Crippen LogP contribution < -0.4 is 4.90 Å². The average molecular weight is 426 g/mol. The van der Waals surface area contributed by atoms with Crippen LogP contribution in [0.25, 0.3) is 6.08 Å². The summed E-state index contributed by atoms with van der Waals surface area (Å²) in [5.74, 6) is 0.189. The van der Waals surface area contributed by atoms with Crippen LogP contribution in [0, 0.1) is 5.41 Å². The summed E-state index contributed by atoms with van der Waals surface area (Å²) in [5.41, 5.74) is 4.63. The highest BCUT2D eigenvalue weighted by Crippen LogP contribution is 2.42. The molecule has 0 radical (unpaired) electrons. The lowest BCUT2D eigenvalue weighted by Crippen LogP contribution is -2.49. The van der Waals surface area contributed by atoms with Gasteiger partial charge in [-0.15, -0.1) is 0 Å². The number of Topliss-reactive ketones (excluding diaryl/α,β-unsaturated/α-hetero) is 1. The lowest BCUT2D eigenvalue weighted by Gasteiger charge is -2.44. The van der Waals surface area contributed by atoms with E-state index in [1.165, 1.54) is 5.56 Å². The number of pyridine rings is 1. The van der Waals surface area contributed by atoms with Gasteiger partial charge in [0.05, 0.1) is 11.7 Å².